The first-order chi connectivity index (χ1) is 19.4. The number of carboxylic acids is 1. The molecule has 1 aromatic heterocycles. The third-order valence-electron chi connectivity index (χ3n) is 7.30. The largest absolute Gasteiger partial charge is 0.481 e. The normalized spacial score (nSPS) is 15.1. The molecule has 2 heterocycles. The molecule has 1 aliphatic heterocycles. The SMILES string of the molecule is O=C(O)CCc1c(C=C2C(=O)Nc3ccc(NC(=O)Nc4cccc5ccccc45)cc32)[nH]c2c1C(=O)CCC2. The highest BCUT2D eigenvalue weighted by molar-refractivity contribution is 6.35. The monoisotopic (exact) mass is 534 g/mol. The van der Waals surface area contributed by atoms with E-state index in [1.165, 1.54) is 0 Å². The van der Waals surface area contributed by atoms with Gasteiger partial charge in [0.25, 0.3) is 5.91 Å². The van der Waals surface area contributed by atoms with Gasteiger partial charge in [-0.1, -0.05) is 36.4 Å². The first-order valence-electron chi connectivity index (χ1n) is 13.1. The number of amides is 3. The van der Waals surface area contributed by atoms with Gasteiger partial charge in [0.15, 0.2) is 5.78 Å². The van der Waals surface area contributed by atoms with Crippen LogP contribution < -0.4 is 16.0 Å². The highest BCUT2D eigenvalue weighted by Crippen LogP contribution is 2.37. The van der Waals surface area contributed by atoms with Crippen LogP contribution in [0, 0.1) is 0 Å². The second-order valence-corrected chi connectivity index (χ2v) is 9.92. The number of Topliss-reactive ketones (excluding diaryl/α,β-unsaturated/α-hetero) is 1. The lowest BCUT2D eigenvalue weighted by Gasteiger charge is -2.11. The number of hydrogen-bond donors (Lipinski definition) is 5. The van der Waals surface area contributed by atoms with E-state index in [1.807, 2.05) is 42.5 Å². The Bertz CT molecular complexity index is 1740. The average Bonchev–Trinajstić information content (AvgIpc) is 3.45. The van der Waals surface area contributed by atoms with E-state index in [0.29, 0.717) is 57.9 Å². The van der Waals surface area contributed by atoms with Gasteiger partial charge in [0.1, 0.15) is 0 Å². The van der Waals surface area contributed by atoms with E-state index in [0.717, 1.165) is 22.9 Å². The number of rotatable bonds is 6. The first-order valence-corrected chi connectivity index (χ1v) is 13.1. The molecular weight excluding hydrogens is 508 g/mol. The second kappa shape index (κ2) is 10.2. The number of aromatic nitrogens is 1. The minimum Gasteiger partial charge on any atom is -0.481 e. The number of benzene rings is 3. The van der Waals surface area contributed by atoms with Crippen molar-refractivity contribution in [1.82, 2.24) is 4.98 Å². The first kappa shape index (κ1) is 25.1. The number of carbonyl (C=O) groups is 4. The molecular formula is C31H26N4O5. The number of aromatic amines is 1. The van der Waals surface area contributed by atoms with Crippen LogP contribution >= 0.6 is 0 Å². The summed E-state index contributed by atoms with van der Waals surface area (Å²) >= 11 is 0. The molecule has 0 spiro atoms. The second-order valence-electron chi connectivity index (χ2n) is 9.92. The highest BCUT2D eigenvalue weighted by Gasteiger charge is 2.29. The molecule has 0 saturated heterocycles. The molecule has 2 aliphatic rings. The number of hydrogen-bond acceptors (Lipinski definition) is 4. The Morgan fingerprint density at radius 2 is 1.80 bits per heavy atom. The molecule has 9 heteroatoms. The molecule has 0 saturated carbocycles. The molecule has 0 bridgehead atoms. The number of nitrogens with one attached hydrogen (secondary N) is 4. The molecule has 1 aliphatic carbocycles. The summed E-state index contributed by atoms with van der Waals surface area (Å²) in [6.07, 6.45) is 3.55. The van der Waals surface area contributed by atoms with Gasteiger partial charge in [0.05, 0.1) is 11.3 Å². The van der Waals surface area contributed by atoms with Crippen molar-refractivity contribution in [1.29, 1.82) is 0 Å². The number of fused-ring (bicyclic) bond motifs is 3. The van der Waals surface area contributed by atoms with Crippen molar-refractivity contribution in [3.8, 4) is 0 Å². The van der Waals surface area contributed by atoms with Crippen molar-refractivity contribution in [2.24, 2.45) is 0 Å². The van der Waals surface area contributed by atoms with Crippen LogP contribution in [0.1, 0.15) is 52.1 Å². The lowest BCUT2D eigenvalue weighted by Crippen LogP contribution is -2.19. The van der Waals surface area contributed by atoms with Gasteiger partial charge in [-0.3, -0.25) is 14.4 Å². The van der Waals surface area contributed by atoms with Crippen molar-refractivity contribution in [3.63, 3.8) is 0 Å². The molecule has 3 amide bonds. The smallest absolute Gasteiger partial charge is 0.323 e. The van der Waals surface area contributed by atoms with Gasteiger partial charge in [-0.25, -0.2) is 4.79 Å². The number of anilines is 3. The van der Waals surface area contributed by atoms with Gasteiger partial charge < -0.3 is 26.0 Å². The van der Waals surface area contributed by atoms with Gasteiger partial charge in [-0.2, -0.15) is 0 Å². The Balaban J connectivity index is 1.30. The Morgan fingerprint density at radius 1 is 0.975 bits per heavy atom. The van der Waals surface area contributed by atoms with Crippen LogP contribution in [0.4, 0.5) is 21.9 Å². The minimum atomic E-state index is -0.960. The molecule has 0 atom stereocenters. The predicted octanol–water partition coefficient (Wildman–Crippen LogP) is 5.84. The summed E-state index contributed by atoms with van der Waals surface area (Å²) in [5.74, 6) is -1.30. The number of aryl methyl sites for hydroxylation is 1. The summed E-state index contributed by atoms with van der Waals surface area (Å²) < 4.78 is 0. The lowest BCUT2D eigenvalue weighted by atomic mass is 9.91. The Kier molecular flexibility index (Phi) is 6.39. The fourth-order valence-corrected chi connectivity index (χ4v) is 5.48. The van der Waals surface area contributed by atoms with Gasteiger partial charge in [-0.05, 0) is 60.6 Å². The van der Waals surface area contributed by atoms with Crippen molar-refractivity contribution in [2.45, 2.75) is 32.1 Å². The van der Waals surface area contributed by atoms with Gasteiger partial charge in [0, 0.05) is 52.1 Å². The number of carbonyl (C=O) groups excluding carboxylic acids is 3. The maximum atomic E-state index is 13.0. The predicted molar refractivity (Wildman–Crippen MR) is 154 cm³/mol. The molecule has 6 rings (SSSR count). The van der Waals surface area contributed by atoms with Crippen LogP contribution in [0.2, 0.25) is 0 Å². The summed E-state index contributed by atoms with van der Waals surface area (Å²) in [5, 5.41) is 19.8. The molecule has 40 heavy (non-hydrogen) atoms. The minimum absolute atomic E-state index is 0.0116. The van der Waals surface area contributed by atoms with Crippen molar-refractivity contribution in [2.75, 3.05) is 16.0 Å². The average molecular weight is 535 g/mol. The number of carboxylic acid groups (broad SMARTS) is 1. The van der Waals surface area contributed by atoms with Gasteiger partial charge in [-0.15, -0.1) is 0 Å². The van der Waals surface area contributed by atoms with Crippen LogP contribution in [0.3, 0.4) is 0 Å². The zero-order chi connectivity index (χ0) is 27.8. The molecule has 5 N–H and O–H groups in total. The van der Waals surface area contributed by atoms with Crippen molar-refractivity contribution in [3.05, 3.63) is 88.7 Å². The zero-order valence-electron chi connectivity index (χ0n) is 21.5. The van der Waals surface area contributed by atoms with Crippen LogP contribution in [-0.2, 0) is 22.4 Å². The summed E-state index contributed by atoms with van der Waals surface area (Å²) in [7, 11) is 0. The number of aliphatic carboxylic acids is 1. The Labute approximate surface area is 229 Å². The third kappa shape index (κ3) is 4.73. The van der Waals surface area contributed by atoms with E-state index in [4.69, 9.17) is 0 Å². The Morgan fingerprint density at radius 3 is 2.65 bits per heavy atom. The van der Waals surface area contributed by atoms with E-state index in [2.05, 4.69) is 20.9 Å². The quantitative estimate of drug-likeness (QED) is 0.198. The van der Waals surface area contributed by atoms with Crippen LogP contribution in [-0.4, -0.2) is 33.8 Å². The Hall–Kier alpha value is -5.18. The molecule has 200 valence electrons. The van der Waals surface area contributed by atoms with E-state index in [1.54, 1.807) is 24.3 Å². The van der Waals surface area contributed by atoms with E-state index in [9.17, 15) is 24.3 Å². The van der Waals surface area contributed by atoms with Gasteiger partial charge in [0.2, 0.25) is 0 Å². The van der Waals surface area contributed by atoms with Crippen LogP contribution in [0.5, 0.6) is 0 Å². The zero-order valence-corrected chi connectivity index (χ0v) is 21.5. The maximum absolute atomic E-state index is 13.0. The molecule has 0 radical (unpaired) electrons. The standard InChI is InChI=1S/C31H26N4O5/c36-27-10-4-9-25-29(27)20(12-14-28(37)38)26(33-25)16-22-21-15-18(11-13-24(21)34-30(22)39)32-31(40)35-23-8-3-6-17-5-1-2-7-19(17)23/h1-3,5-8,11,13,15-16,33H,4,9-10,12,14H2,(H,34,39)(H,37,38)(H2,32,35,40). The fourth-order valence-electron chi connectivity index (χ4n) is 5.48. The summed E-state index contributed by atoms with van der Waals surface area (Å²) in [5.41, 5.74) is 5.23. The van der Waals surface area contributed by atoms with Crippen LogP contribution in [0.25, 0.3) is 22.4 Å². The van der Waals surface area contributed by atoms with E-state index in [-0.39, 0.29) is 24.5 Å². The molecule has 4 aromatic rings. The number of ketones is 1. The number of urea groups is 1. The van der Waals surface area contributed by atoms with Crippen molar-refractivity contribution < 1.29 is 24.3 Å². The van der Waals surface area contributed by atoms with Gasteiger partial charge >= 0.3 is 12.0 Å². The van der Waals surface area contributed by atoms with E-state index < -0.39 is 12.0 Å². The highest BCUT2D eigenvalue weighted by atomic mass is 16.4. The molecule has 3 aromatic carbocycles. The van der Waals surface area contributed by atoms with E-state index >= 15 is 0 Å². The molecule has 0 fully saturated rings. The summed E-state index contributed by atoms with van der Waals surface area (Å²) in [6.45, 7) is 0. The summed E-state index contributed by atoms with van der Waals surface area (Å²) in [6, 6.07) is 18.1. The molecule has 0 unspecified atom stereocenters. The molecule has 9 nitrogen and oxygen atoms in total. The topological polar surface area (TPSA) is 140 Å². The third-order valence-corrected chi connectivity index (χ3v) is 7.30. The summed E-state index contributed by atoms with van der Waals surface area (Å²) in [4.78, 5) is 53.1. The van der Waals surface area contributed by atoms with Crippen molar-refractivity contribution >= 4 is 63.2 Å². The lowest BCUT2D eigenvalue weighted by molar-refractivity contribution is -0.137. The van der Waals surface area contributed by atoms with Crippen LogP contribution in [0.15, 0.2) is 60.7 Å². The number of H-pyrrole nitrogens is 1. The maximum Gasteiger partial charge on any atom is 0.323 e. The fraction of sp³-hybridized carbons (Fsp3) is 0.161.